The molecule has 14 heteroatoms. The summed E-state index contributed by atoms with van der Waals surface area (Å²) in [5, 5.41) is 8.60. The normalized spacial score (nSPS) is 11.3. The lowest BCUT2D eigenvalue weighted by molar-refractivity contribution is -0.141. The number of halogens is 4. The van der Waals surface area contributed by atoms with Crippen LogP contribution in [0.1, 0.15) is 21.7 Å². The van der Waals surface area contributed by atoms with Gasteiger partial charge in [-0.3, -0.25) is 4.79 Å². The minimum absolute atomic E-state index is 0.0323. The monoisotopic (exact) mass is 485 g/mol. The van der Waals surface area contributed by atoms with Gasteiger partial charge in [-0.2, -0.15) is 17.5 Å². The van der Waals surface area contributed by atoms with Gasteiger partial charge in [-0.15, -0.1) is 0 Å². The number of aromatic nitrogens is 4. The number of carbonyl (C=O) groups excluding carboxylic acids is 1. The first-order chi connectivity index (χ1) is 15.8. The Morgan fingerprint density at radius 1 is 1.12 bits per heavy atom. The van der Waals surface area contributed by atoms with Crippen LogP contribution in [0.2, 0.25) is 0 Å². The molecule has 3 heterocycles. The molecule has 0 aliphatic carbocycles. The van der Waals surface area contributed by atoms with Crippen molar-refractivity contribution in [2.75, 3.05) is 37.0 Å². The van der Waals surface area contributed by atoms with E-state index in [9.17, 15) is 22.4 Å². The molecule has 1 amide bonds. The van der Waals surface area contributed by atoms with Gasteiger partial charge in [-0.05, 0) is 24.5 Å². The van der Waals surface area contributed by atoms with E-state index in [0.29, 0.717) is 41.6 Å². The molecule has 0 atom stereocenters. The summed E-state index contributed by atoms with van der Waals surface area (Å²) in [6.45, 7) is 2.19. The summed E-state index contributed by atoms with van der Waals surface area (Å²) in [5.41, 5.74) is -0.0919. The van der Waals surface area contributed by atoms with Crippen molar-refractivity contribution in [2.24, 2.45) is 0 Å². The number of rotatable bonds is 10. The number of aryl methyl sites for hydroxylation is 1. The number of hydrogen-bond acceptors (Lipinski definition) is 9. The molecule has 9 nitrogen and oxygen atoms in total. The molecule has 0 aromatic carbocycles. The minimum Gasteiger partial charge on any atom is -0.476 e. The Morgan fingerprint density at radius 2 is 1.94 bits per heavy atom. The molecule has 0 saturated carbocycles. The van der Waals surface area contributed by atoms with Crippen molar-refractivity contribution in [3.63, 3.8) is 0 Å². The lowest BCUT2D eigenvalue weighted by atomic mass is 10.2. The van der Waals surface area contributed by atoms with Crippen molar-refractivity contribution in [1.29, 1.82) is 0 Å². The van der Waals surface area contributed by atoms with E-state index in [0.717, 1.165) is 17.7 Å². The van der Waals surface area contributed by atoms with Gasteiger partial charge < -0.3 is 20.7 Å². The molecular formula is C19H19F4N7O2S. The third-order valence-corrected chi connectivity index (χ3v) is 4.92. The predicted octanol–water partition coefficient (Wildman–Crippen LogP) is 3.59. The fraction of sp³-hybridized carbons (Fsp3) is 0.316. The summed E-state index contributed by atoms with van der Waals surface area (Å²) in [7, 11) is 0. The van der Waals surface area contributed by atoms with Gasteiger partial charge in [-0.25, -0.2) is 19.3 Å². The predicted molar refractivity (Wildman–Crippen MR) is 114 cm³/mol. The van der Waals surface area contributed by atoms with E-state index in [1.165, 1.54) is 6.20 Å². The summed E-state index contributed by atoms with van der Waals surface area (Å²) in [6, 6.07) is 3.17. The first-order valence-corrected chi connectivity index (χ1v) is 10.3. The van der Waals surface area contributed by atoms with E-state index in [1.54, 1.807) is 19.1 Å². The molecule has 0 aliphatic rings. The van der Waals surface area contributed by atoms with E-state index in [-0.39, 0.29) is 17.9 Å². The molecular weight excluding hydrogens is 466 g/mol. The summed E-state index contributed by atoms with van der Waals surface area (Å²) in [5.74, 6) is -0.119. The van der Waals surface area contributed by atoms with Gasteiger partial charge in [0.2, 0.25) is 5.88 Å². The molecule has 3 rings (SSSR count). The van der Waals surface area contributed by atoms with E-state index < -0.39 is 24.5 Å². The van der Waals surface area contributed by atoms with Gasteiger partial charge in [-0.1, -0.05) is 0 Å². The first-order valence-electron chi connectivity index (χ1n) is 9.57. The Balaban J connectivity index is 1.62. The molecule has 0 aliphatic heterocycles. The number of nitrogens with one attached hydrogen (secondary N) is 3. The highest BCUT2D eigenvalue weighted by Crippen LogP contribution is 2.30. The smallest absolute Gasteiger partial charge is 0.434 e. The van der Waals surface area contributed by atoms with Crippen molar-refractivity contribution in [3.05, 3.63) is 47.7 Å². The van der Waals surface area contributed by atoms with E-state index in [2.05, 4.69) is 35.3 Å². The molecule has 3 aromatic heterocycles. The lowest BCUT2D eigenvalue weighted by Crippen LogP contribution is -2.23. The van der Waals surface area contributed by atoms with Crippen molar-refractivity contribution in [2.45, 2.75) is 13.1 Å². The number of carbonyl (C=O) groups is 1. The minimum atomic E-state index is -4.60. The quantitative estimate of drug-likeness (QED) is 0.295. The van der Waals surface area contributed by atoms with Crippen LogP contribution >= 0.6 is 11.5 Å². The largest absolute Gasteiger partial charge is 0.476 e. The van der Waals surface area contributed by atoms with Gasteiger partial charge in [0.05, 0.1) is 35.5 Å². The zero-order valence-corrected chi connectivity index (χ0v) is 18.1. The van der Waals surface area contributed by atoms with Gasteiger partial charge >= 0.3 is 6.18 Å². The average Bonchev–Trinajstić information content (AvgIpc) is 3.14. The Kier molecular flexibility index (Phi) is 8.06. The summed E-state index contributed by atoms with van der Waals surface area (Å²) in [4.78, 5) is 23.9. The summed E-state index contributed by atoms with van der Waals surface area (Å²) >= 11 is 0.960. The molecule has 33 heavy (non-hydrogen) atoms. The van der Waals surface area contributed by atoms with E-state index in [1.807, 2.05) is 0 Å². The van der Waals surface area contributed by atoms with Gasteiger partial charge in [0.25, 0.3) is 5.91 Å². The van der Waals surface area contributed by atoms with Crippen LogP contribution in [0.25, 0.3) is 0 Å². The van der Waals surface area contributed by atoms with Gasteiger partial charge in [0, 0.05) is 19.2 Å². The fourth-order valence-electron chi connectivity index (χ4n) is 2.53. The van der Waals surface area contributed by atoms with Crippen LogP contribution in [0.3, 0.4) is 0 Å². The van der Waals surface area contributed by atoms with Crippen LogP contribution < -0.4 is 20.7 Å². The number of ether oxygens (including phenoxy) is 1. The van der Waals surface area contributed by atoms with Crippen LogP contribution in [-0.4, -0.2) is 51.6 Å². The van der Waals surface area contributed by atoms with Crippen LogP contribution in [-0.2, 0) is 6.18 Å². The number of hydrogen-bond donors (Lipinski definition) is 3. The molecule has 3 aromatic rings. The molecule has 0 fully saturated rings. The molecule has 0 bridgehead atoms. The summed E-state index contributed by atoms with van der Waals surface area (Å²) < 4.78 is 59.5. The topological polar surface area (TPSA) is 114 Å². The van der Waals surface area contributed by atoms with Crippen molar-refractivity contribution in [1.82, 2.24) is 24.6 Å². The molecule has 0 unspecified atom stereocenters. The molecule has 176 valence electrons. The Morgan fingerprint density at radius 3 is 2.58 bits per heavy atom. The standard InChI is InChI=1S/C19H19F4N7O2S/c1-11-16(18(33-30-11)29-14-10-25-13(9-26-14)19(21,22)23)17(31)28-12-2-3-15(27-8-12)32-7-6-24-5-4-20/h2-3,8-10,24H,4-7H2,1H3,(H,26,29)(H,28,31). The zero-order chi connectivity index (χ0) is 23.8. The first kappa shape index (κ1) is 24.3. The zero-order valence-electron chi connectivity index (χ0n) is 17.2. The van der Waals surface area contributed by atoms with Crippen LogP contribution in [0, 0.1) is 6.92 Å². The van der Waals surface area contributed by atoms with Gasteiger partial charge in [0.15, 0.2) is 5.69 Å². The van der Waals surface area contributed by atoms with E-state index in [4.69, 9.17) is 4.74 Å². The Bertz CT molecular complexity index is 1060. The van der Waals surface area contributed by atoms with E-state index >= 15 is 0 Å². The maximum Gasteiger partial charge on any atom is 0.434 e. The van der Waals surface area contributed by atoms with Gasteiger partial charge in [0.1, 0.15) is 24.1 Å². The molecule has 0 radical (unpaired) electrons. The number of anilines is 3. The lowest BCUT2D eigenvalue weighted by Gasteiger charge is -2.10. The second-order valence-electron chi connectivity index (χ2n) is 6.51. The third kappa shape index (κ3) is 6.79. The molecule has 0 spiro atoms. The second kappa shape index (κ2) is 11.0. The summed E-state index contributed by atoms with van der Waals surface area (Å²) in [6.07, 6.45) is -1.66. The van der Waals surface area contributed by atoms with Crippen LogP contribution in [0.4, 0.5) is 34.1 Å². The maximum absolute atomic E-state index is 12.8. The van der Waals surface area contributed by atoms with Crippen LogP contribution in [0.5, 0.6) is 5.88 Å². The van der Waals surface area contributed by atoms with Crippen molar-refractivity contribution in [3.8, 4) is 5.88 Å². The highest BCUT2D eigenvalue weighted by atomic mass is 32.1. The molecule has 3 N–H and O–H groups in total. The maximum atomic E-state index is 12.8. The molecule has 0 saturated heterocycles. The number of nitrogens with zero attached hydrogens (tertiary/aromatic N) is 4. The fourth-order valence-corrected chi connectivity index (χ4v) is 3.33. The highest BCUT2D eigenvalue weighted by molar-refractivity contribution is 7.10. The third-order valence-electron chi connectivity index (χ3n) is 4.07. The number of amides is 1. The van der Waals surface area contributed by atoms with Crippen molar-refractivity contribution >= 4 is 33.9 Å². The number of alkyl halides is 4. The second-order valence-corrected chi connectivity index (χ2v) is 7.28. The van der Waals surface area contributed by atoms with Crippen LogP contribution in [0.15, 0.2) is 30.7 Å². The Labute approximate surface area is 189 Å². The van der Waals surface area contributed by atoms with Crippen molar-refractivity contribution < 1.29 is 27.1 Å². The SMILES string of the molecule is Cc1nsc(Nc2cnc(C(F)(F)F)cn2)c1C(=O)Nc1ccc(OCCNCCF)nc1. The average molecular weight is 485 g/mol. The highest BCUT2D eigenvalue weighted by Gasteiger charge is 2.32. The Hall–Kier alpha value is -3.39. The number of pyridine rings is 1.